The van der Waals surface area contributed by atoms with E-state index in [0.717, 1.165) is 27.8 Å². The summed E-state index contributed by atoms with van der Waals surface area (Å²) in [4.78, 5) is 18.2. The Morgan fingerprint density at radius 2 is 1.78 bits per heavy atom. The molecule has 2 aromatic carbocycles. The highest BCUT2D eigenvalue weighted by Crippen LogP contribution is 2.25. The van der Waals surface area contributed by atoms with Crippen LogP contribution in [0.4, 0.5) is 0 Å². The molecule has 5 nitrogen and oxygen atoms in total. The van der Waals surface area contributed by atoms with Gasteiger partial charge in [0.05, 0.1) is 29.8 Å². The normalized spacial score (nSPS) is 12.5. The van der Waals surface area contributed by atoms with Gasteiger partial charge in [-0.1, -0.05) is 42.5 Å². The molecule has 1 atom stereocenters. The van der Waals surface area contributed by atoms with Crippen molar-refractivity contribution in [3.05, 3.63) is 84.9 Å². The molecule has 0 aliphatic rings. The van der Waals surface area contributed by atoms with Gasteiger partial charge in [-0.2, -0.15) is 0 Å². The van der Waals surface area contributed by atoms with Crippen molar-refractivity contribution in [2.24, 2.45) is 0 Å². The molecule has 0 bridgehead atoms. The number of benzene rings is 2. The van der Waals surface area contributed by atoms with Crippen LogP contribution in [0.3, 0.4) is 0 Å². The molecule has 3 heterocycles. The minimum atomic E-state index is 0.126. The lowest BCUT2D eigenvalue weighted by Crippen LogP contribution is -2.06. The molecule has 5 aromatic rings. The van der Waals surface area contributed by atoms with Crippen molar-refractivity contribution >= 4 is 22.2 Å². The van der Waals surface area contributed by atoms with E-state index in [9.17, 15) is 0 Å². The van der Waals surface area contributed by atoms with E-state index in [1.165, 1.54) is 5.56 Å². The van der Waals surface area contributed by atoms with Gasteiger partial charge in [-0.25, -0.2) is 15.0 Å². The Morgan fingerprint density at radius 3 is 2.67 bits per heavy atom. The third kappa shape index (κ3) is 2.73. The monoisotopic (exact) mass is 351 g/mol. The van der Waals surface area contributed by atoms with E-state index in [4.69, 9.17) is 4.98 Å². The average molecular weight is 351 g/mol. The predicted octanol–water partition coefficient (Wildman–Crippen LogP) is 4.65. The lowest BCUT2D eigenvalue weighted by atomic mass is 10.1. The zero-order valence-electron chi connectivity index (χ0n) is 14.8. The van der Waals surface area contributed by atoms with Crippen LogP contribution in [0.2, 0.25) is 0 Å². The number of hydrogen-bond acceptors (Lipinski definition) is 4. The Morgan fingerprint density at radius 1 is 0.889 bits per heavy atom. The van der Waals surface area contributed by atoms with Crippen LogP contribution < -0.4 is 0 Å². The van der Waals surface area contributed by atoms with E-state index < -0.39 is 0 Å². The summed E-state index contributed by atoms with van der Waals surface area (Å²) in [6.45, 7) is 2.15. The molecule has 0 amide bonds. The molecular formula is C22H17N5. The maximum absolute atomic E-state index is 4.88. The summed E-state index contributed by atoms with van der Waals surface area (Å²) in [6, 6.07) is 20.6. The van der Waals surface area contributed by atoms with Crippen molar-refractivity contribution in [1.29, 1.82) is 0 Å². The highest BCUT2D eigenvalue weighted by Gasteiger charge is 2.14. The second kappa shape index (κ2) is 6.29. The average Bonchev–Trinajstić information content (AvgIpc) is 3.16. The van der Waals surface area contributed by atoms with Crippen LogP contribution in [0.15, 0.2) is 79.4 Å². The van der Waals surface area contributed by atoms with E-state index >= 15 is 0 Å². The molecule has 3 aromatic heterocycles. The molecule has 0 N–H and O–H groups in total. The fraction of sp³-hybridized carbons (Fsp3) is 0.0909. The molecule has 0 spiro atoms. The Bertz CT molecular complexity index is 1240. The van der Waals surface area contributed by atoms with Crippen molar-refractivity contribution in [1.82, 2.24) is 24.5 Å². The quantitative estimate of drug-likeness (QED) is 0.475. The SMILES string of the molecule is CC(c1ccccc1)n1cnc2ncc(-c3ccc4ncccc4c3)nc21. The number of pyridine rings is 1. The van der Waals surface area contributed by atoms with Crippen LogP contribution >= 0.6 is 0 Å². The van der Waals surface area contributed by atoms with Crippen LogP contribution in [-0.2, 0) is 0 Å². The number of nitrogens with zero attached hydrogens (tertiary/aromatic N) is 5. The molecule has 0 aliphatic carbocycles. The van der Waals surface area contributed by atoms with Crippen LogP contribution in [0.5, 0.6) is 0 Å². The Kier molecular flexibility index (Phi) is 3.64. The van der Waals surface area contributed by atoms with E-state index in [1.54, 1.807) is 12.4 Å². The number of rotatable bonds is 3. The van der Waals surface area contributed by atoms with Gasteiger partial charge >= 0.3 is 0 Å². The van der Waals surface area contributed by atoms with Gasteiger partial charge in [-0.15, -0.1) is 0 Å². The molecular weight excluding hydrogens is 334 g/mol. The van der Waals surface area contributed by atoms with E-state index in [2.05, 4.69) is 50.7 Å². The standard InChI is InChI=1S/C22H17N5/c1-15(16-6-3-2-4-7-16)27-14-25-21-22(27)26-20(13-24-21)18-9-10-19-17(12-18)8-5-11-23-19/h2-15H,1H3. The topological polar surface area (TPSA) is 56.5 Å². The molecule has 0 saturated carbocycles. The molecule has 0 fully saturated rings. The lowest BCUT2D eigenvalue weighted by molar-refractivity contribution is 0.652. The van der Waals surface area contributed by atoms with Crippen LogP contribution in [0, 0.1) is 0 Å². The first-order valence-electron chi connectivity index (χ1n) is 8.89. The van der Waals surface area contributed by atoms with E-state index in [1.807, 2.05) is 42.7 Å². The summed E-state index contributed by atoms with van der Waals surface area (Å²) in [5.41, 5.74) is 5.47. The van der Waals surface area contributed by atoms with Gasteiger partial charge in [-0.3, -0.25) is 4.98 Å². The van der Waals surface area contributed by atoms with Crippen molar-refractivity contribution in [2.75, 3.05) is 0 Å². The molecule has 0 aliphatic heterocycles. The number of fused-ring (bicyclic) bond motifs is 2. The Balaban J connectivity index is 1.62. The van der Waals surface area contributed by atoms with Gasteiger partial charge in [0.15, 0.2) is 11.3 Å². The molecule has 5 heteroatoms. The Labute approximate surface area is 156 Å². The van der Waals surface area contributed by atoms with Crippen molar-refractivity contribution < 1.29 is 0 Å². The number of imidazole rings is 1. The number of aromatic nitrogens is 5. The van der Waals surface area contributed by atoms with Gasteiger partial charge in [0.25, 0.3) is 0 Å². The minimum Gasteiger partial charge on any atom is -0.307 e. The van der Waals surface area contributed by atoms with Gasteiger partial charge in [0.2, 0.25) is 0 Å². The third-order valence-electron chi connectivity index (χ3n) is 4.88. The Hall–Kier alpha value is -3.60. The summed E-state index contributed by atoms with van der Waals surface area (Å²) in [6.07, 6.45) is 5.40. The highest BCUT2D eigenvalue weighted by atomic mass is 15.1. The second-order valence-corrected chi connectivity index (χ2v) is 6.55. The summed E-state index contributed by atoms with van der Waals surface area (Å²) in [5, 5.41) is 1.09. The van der Waals surface area contributed by atoms with Crippen LogP contribution in [-0.4, -0.2) is 24.5 Å². The maximum Gasteiger partial charge on any atom is 0.197 e. The van der Waals surface area contributed by atoms with E-state index in [-0.39, 0.29) is 6.04 Å². The first-order chi connectivity index (χ1) is 13.3. The van der Waals surface area contributed by atoms with Gasteiger partial charge in [0, 0.05) is 17.1 Å². The summed E-state index contributed by atoms with van der Waals surface area (Å²) < 4.78 is 2.07. The van der Waals surface area contributed by atoms with Crippen molar-refractivity contribution in [3.63, 3.8) is 0 Å². The van der Waals surface area contributed by atoms with Gasteiger partial charge in [0.1, 0.15) is 0 Å². The van der Waals surface area contributed by atoms with Gasteiger partial charge in [-0.05, 0) is 30.7 Å². The smallest absolute Gasteiger partial charge is 0.197 e. The molecule has 0 radical (unpaired) electrons. The first-order valence-corrected chi connectivity index (χ1v) is 8.89. The van der Waals surface area contributed by atoms with E-state index in [0.29, 0.717) is 5.65 Å². The fourth-order valence-corrected chi connectivity index (χ4v) is 3.36. The van der Waals surface area contributed by atoms with Crippen molar-refractivity contribution in [2.45, 2.75) is 13.0 Å². The second-order valence-electron chi connectivity index (χ2n) is 6.55. The zero-order valence-corrected chi connectivity index (χ0v) is 14.8. The van der Waals surface area contributed by atoms with Crippen LogP contribution in [0.1, 0.15) is 18.5 Å². The molecule has 1 unspecified atom stereocenters. The van der Waals surface area contributed by atoms with Crippen molar-refractivity contribution in [3.8, 4) is 11.3 Å². The third-order valence-corrected chi connectivity index (χ3v) is 4.88. The highest BCUT2D eigenvalue weighted by molar-refractivity contribution is 5.84. The zero-order chi connectivity index (χ0) is 18.2. The summed E-state index contributed by atoms with van der Waals surface area (Å²) in [5.74, 6) is 0. The largest absolute Gasteiger partial charge is 0.307 e. The van der Waals surface area contributed by atoms with Crippen LogP contribution in [0.25, 0.3) is 33.5 Å². The number of hydrogen-bond donors (Lipinski definition) is 0. The molecule has 27 heavy (non-hydrogen) atoms. The predicted molar refractivity (Wildman–Crippen MR) is 106 cm³/mol. The fourth-order valence-electron chi connectivity index (χ4n) is 3.36. The maximum atomic E-state index is 4.88. The van der Waals surface area contributed by atoms with Gasteiger partial charge < -0.3 is 4.57 Å². The molecule has 0 saturated heterocycles. The minimum absolute atomic E-state index is 0.126. The lowest BCUT2D eigenvalue weighted by Gasteiger charge is -2.14. The molecule has 5 rings (SSSR count). The summed E-state index contributed by atoms with van der Waals surface area (Å²) in [7, 11) is 0. The summed E-state index contributed by atoms with van der Waals surface area (Å²) >= 11 is 0. The molecule has 130 valence electrons. The first kappa shape index (κ1) is 15.6.